The van der Waals surface area contributed by atoms with E-state index in [9.17, 15) is 0 Å². The molecule has 2 aromatic heterocycles. The van der Waals surface area contributed by atoms with Crippen LogP contribution in [0.5, 0.6) is 0 Å². The minimum Gasteiger partial charge on any atom is -0.260 e. The van der Waals surface area contributed by atoms with Crippen molar-refractivity contribution in [3.63, 3.8) is 0 Å². The summed E-state index contributed by atoms with van der Waals surface area (Å²) in [7, 11) is 2.09. The van der Waals surface area contributed by atoms with Crippen LogP contribution in [-0.2, 0) is 7.05 Å². The summed E-state index contributed by atoms with van der Waals surface area (Å²) in [6.07, 6.45) is 4.16. The number of nitrogens with zero attached hydrogens (tertiary/aromatic N) is 2. The topological polar surface area (TPSA) is 16.8 Å². The Bertz CT molecular complexity index is 613. The molecule has 20 heavy (non-hydrogen) atoms. The molecule has 0 amide bonds. The van der Waals surface area contributed by atoms with Gasteiger partial charge in [0.05, 0.1) is 5.56 Å². The fourth-order valence-corrected chi connectivity index (χ4v) is 2.37. The van der Waals surface area contributed by atoms with E-state index in [1.807, 2.05) is 6.20 Å². The average Bonchev–Trinajstić information content (AvgIpc) is 2.39. The van der Waals surface area contributed by atoms with Crippen molar-refractivity contribution in [1.29, 1.82) is 0 Å². The molecule has 0 atom stereocenters. The Hall–Kier alpha value is -1.70. The Morgan fingerprint density at radius 1 is 1.05 bits per heavy atom. The van der Waals surface area contributed by atoms with Crippen molar-refractivity contribution in [1.82, 2.24) is 4.98 Å². The molecule has 0 aliphatic rings. The van der Waals surface area contributed by atoms with Crippen molar-refractivity contribution in [2.24, 2.45) is 7.05 Å². The Morgan fingerprint density at radius 2 is 1.75 bits per heavy atom. The summed E-state index contributed by atoms with van der Waals surface area (Å²) < 4.78 is 2.17. The van der Waals surface area contributed by atoms with E-state index in [1.165, 1.54) is 22.4 Å². The Morgan fingerprint density at radius 3 is 2.30 bits per heavy atom. The summed E-state index contributed by atoms with van der Waals surface area (Å²) in [6, 6.07) is 6.69. The van der Waals surface area contributed by atoms with Gasteiger partial charge in [-0.3, -0.25) is 4.98 Å². The van der Waals surface area contributed by atoms with Crippen LogP contribution in [0.3, 0.4) is 0 Å². The fraction of sp³-hybridized carbons (Fsp3) is 0.444. The molecule has 2 rings (SSSR count). The summed E-state index contributed by atoms with van der Waals surface area (Å²) in [4.78, 5) is 4.62. The fourth-order valence-electron chi connectivity index (χ4n) is 2.37. The maximum absolute atomic E-state index is 4.62. The zero-order valence-corrected chi connectivity index (χ0v) is 13.4. The predicted octanol–water partition coefficient (Wildman–Crippen LogP) is 4.13. The van der Waals surface area contributed by atoms with Crippen molar-refractivity contribution in [2.45, 2.75) is 46.5 Å². The van der Waals surface area contributed by atoms with Crippen LogP contribution in [0, 0.1) is 6.92 Å². The molecule has 0 saturated carbocycles. The first-order chi connectivity index (χ1) is 9.40. The molecule has 0 N–H and O–H groups in total. The Kier molecular flexibility index (Phi) is 4.22. The predicted molar refractivity (Wildman–Crippen MR) is 83.8 cm³/mol. The zero-order valence-electron chi connectivity index (χ0n) is 13.4. The lowest BCUT2D eigenvalue weighted by Crippen LogP contribution is -2.31. The van der Waals surface area contributed by atoms with Crippen LogP contribution < -0.4 is 4.57 Å². The molecule has 2 nitrogen and oxygen atoms in total. The van der Waals surface area contributed by atoms with Gasteiger partial charge in [-0.1, -0.05) is 27.7 Å². The third-order valence-corrected chi connectivity index (χ3v) is 3.84. The van der Waals surface area contributed by atoms with Crippen LogP contribution in [0.15, 0.2) is 30.6 Å². The average molecular weight is 269 g/mol. The number of hydrogen-bond donors (Lipinski definition) is 0. The van der Waals surface area contributed by atoms with Crippen LogP contribution in [0.4, 0.5) is 0 Å². The lowest BCUT2D eigenvalue weighted by Gasteiger charge is -2.11. The largest absolute Gasteiger partial charge is 0.260 e. The van der Waals surface area contributed by atoms with Crippen molar-refractivity contribution in [3.05, 3.63) is 47.4 Å². The van der Waals surface area contributed by atoms with Crippen LogP contribution in [0.1, 0.15) is 56.4 Å². The highest BCUT2D eigenvalue weighted by molar-refractivity contribution is 5.60. The second kappa shape index (κ2) is 5.74. The Labute approximate surface area is 122 Å². The first-order valence-corrected chi connectivity index (χ1v) is 7.36. The van der Waals surface area contributed by atoms with E-state index in [0.717, 1.165) is 5.69 Å². The molecule has 0 bridgehead atoms. The van der Waals surface area contributed by atoms with Gasteiger partial charge < -0.3 is 0 Å². The lowest BCUT2D eigenvalue weighted by molar-refractivity contribution is -0.660. The van der Waals surface area contributed by atoms with Gasteiger partial charge in [-0.25, -0.2) is 4.57 Å². The van der Waals surface area contributed by atoms with Gasteiger partial charge >= 0.3 is 0 Å². The van der Waals surface area contributed by atoms with E-state index in [2.05, 4.69) is 75.6 Å². The number of pyridine rings is 2. The van der Waals surface area contributed by atoms with Crippen molar-refractivity contribution in [2.75, 3.05) is 0 Å². The molecular weight excluding hydrogens is 244 g/mol. The minimum atomic E-state index is 0.471. The standard InChI is InChI=1S/C18H25N2/c1-12(2)15-7-8-20(6)18(10-15)16-11-19-17(13(3)4)9-14(16)5/h7-13H,1-6H3/q+1. The zero-order chi connectivity index (χ0) is 14.9. The molecule has 0 saturated heterocycles. The summed E-state index contributed by atoms with van der Waals surface area (Å²) in [6.45, 7) is 11.0. The molecule has 0 fully saturated rings. The molecule has 0 spiro atoms. The van der Waals surface area contributed by atoms with Crippen LogP contribution in [-0.4, -0.2) is 4.98 Å². The van der Waals surface area contributed by atoms with Gasteiger partial charge in [0, 0.05) is 24.0 Å². The van der Waals surface area contributed by atoms with E-state index >= 15 is 0 Å². The minimum absolute atomic E-state index is 0.471. The quantitative estimate of drug-likeness (QED) is 0.766. The van der Waals surface area contributed by atoms with E-state index in [-0.39, 0.29) is 0 Å². The highest BCUT2D eigenvalue weighted by Gasteiger charge is 2.16. The second-order valence-corrected chi connectivity index (χ2v) is 6.19. The smallest absolute Gasteiger partial charge is 0.214 e. The van der Waals surface area contributed by atoms with E-state index in [4.69, 9.17) is 0 Å². The van der Waals surface area contributed by atoms with E-state index in [0.29, 0.717) is 11.8 Å². The van der Waals surface area contributed by atoms with E-state index in [1.54, 1.807) is 0 Å². The van der Waals surface area contributed by atoms with Crippen LogP contribution in [0.25, 0.3) is 11.3 Å². The summed E-state index contributed by atoms with van der Waals surface area (Å²) >= 11 is 0. The third kappa shape index (κ3) is 2.90. The van der Waals surface area contributed by atoms with Crippen LogP contribution >= 0.6 is 0 Å². The normalized spacial score (nSPS) is 11.4. The maximum atomic E-state index is 4.62. The van der Waals surface area contributed by atoms with Crippen molar-refractivity contribution < 1.29 is 4.57 Å². The van der Waals surface area contributed by atoms with Crippen molar-refractivity contribution in [3.8, 4) is 11.3 Å². The van der Waals surface area contributed by atoms with Gasteiger partial charge in [-0.2, -0.15) is 0 Å². The number of hydrogen-bond acceptors (Lipinski definition) is 1. The summed E-state index contributed by atoms with van der Waals surface area (Å²) in [5.41, 5.74) is 6.27. The number of aryl methyl sites for hydroxylation is 2. The maximum Gasteiger partial charge on any atom is 0.214 e. The molecule has 2 aromatic rings. The molecule has 106 valence electrons. The summed E-state index contributed by atoms with van der Waals surface area (Å²) in [5, 5.41) is 0. The van der Waals surface area contributed by atoms with Gasteiger partial charge in [-0.15, -0.1) is 0 Å². The monoisotopic (exact) mass is 269 g/mol. The second-order valence-electron chi connectivity index (χ2n) is 6.19. The third-order valence-electron chi connectivity index (χ3n) is 3.84. The van der Waals surface area contributed by atoms with Crippen molar-refractivity contribution >= 4 is 0 Å². The van der Waals surface area contributed by atoms with Crippen LogP contribution in [0.2, 0.25) is 0 Å². The first kappa shape index (κ1) is 14.7. The SMILES string of the molecule is Cc1cc(C(C)C)ncc1-c1cc(C(C)C)cc[n+]1C. The lowest BCUT2D eigenvalue weighted by atomic mass is 9.99. The highest BCUT2D eigenvalue weighted by Crippen LogP contribution is 2.25. The highest BCUT2D eigenvalue weighted by atomic mass is 14.9. The molecule has 0 unspecified atom stereocenters. The molecular formula is C18H25N2+. The van der Waals surface area contributed by atoms with Gasteiger partial charge in [-0.05, 0) is 36.0 Å². The molecule has 0 aliphatic heterocycles. The van der Waals surface area contributed by atoms with E-state index < -0.39 is 0 Å². The first-order valence-electron chi connectivity index (χ1n) is 7.36. The number of aromatic nitrogens is 2. The molecule has 0 aliphatic carbocycles. The van der Waals surface area contributed by atoms with Gasteiger partial charge in [0.25, 0.3) is 0 Å². The van der Waals surface area contributed by atoms with Gasteiger partial charge in [0.2, 0.25) is 5.69 Å². The van der Waals surface area contributed by atoms with Gasteiger partial charge in [0.1, 0.15) is 7.05 Å². The number of rotatable bonds is 3. The molecule has 2 heterocycles. The Balaban J connectivity index is 2.53. The molecule has 0 radical (unpaired) electrons. The summed E-state index contributed by atoms with van der Waals surface area (Å²) in [5.74, 6) is 1.01. The van der Waals surface area contributed by atoms with Gasteiger partial charge in [0.15, 0.2) is 6.20 Å². The molecule has 0 aromatic carbocycles. The molecule has 2 heteroatoms.